The van der Waals surface area contributed by atoms with Crippen LogP contribution in [0.2, 0.25) is 0 Å². The third kappa shape index (κ3) is 4.29. The van der Waals surface area contributed by atoms with Gasteiger partial charge in [0.05, 0.1) is 13.7 Å². The van der Waals surface area contributed by atoms with Crippen molar-refractivity contribution < 1.29 is 14.3 Å². The van der Waals surface area contributed by atoms with Gasteiger partial charge in [-0.2, -0.15) is 0 Å². The van der Waals surface area contributed by atoms with Gasteiger partial charge in [0.1, 0.15) is 6.04 Å². The molecule has 5 heteroatoms. The van der Waals surface area contributed by atoms with Crippen molar-refractivity contribution in [3.63, 3.8) is 0 Å². The van der Waals surface area contributed by atoms with E-state index < -0.39 is 0 Å². The Kier molecular flexibility index (Phi) is 5.33. The van der Waals surface area contributed by atoms with Crippen molar-refractivity contribution in [1.82, 2.24) is 4.90 Å². The van der Waals surface area contributed by atoms with Crippen molar-refractivity contribution in [2.24, 2.45) is 0 Å². The number of hydrogen-bond donors (Lipinski definition) is 1. The van der Waals surface area contributed by atoms with Gasteiger partial charge in [0.2, 0.25) is 5.91 Å². The second-order valence-corrected chi connectivity index (χ2v) is 5.42. The number of nitrogens with zero attached hydrogens (tertiary/aromatic N) is 1. The quantitative estimate of drug-likeness (QED) is 0.861. The Morgan fingerprint density at radius 3 is 2.90 bits per heavy atom. The van der Waals surface area contributed by atoms with E-state index in [2.05, 4.69) is 5.32 Å². The van der Waals surface area contributed by atoms with Gasteiger partial charge in [-0.3, -0.25) is 14.5 Å². The molecule has 1 aromatic carbocycles. The molecular formula is C16H22N2O3. The molecule has 5 nitrogen and oxygen atoms in total. The Hall–Kier alpha value is -1.88. The van der Waals surface area contributed by atoms with Gasteiger partial charge in [0, 0.05) is 5.69 Å². The van der Waals surface area contributed by atoms with Crippen molar-refractivity contribution in [3.8, 4) is 0 Å². The largest absolute Gasteiger partial charge is 0.468 e. The summed E-state index contributed by atoms with van der Waals surface area (Å²) in [6.45, 7) is 2.95. The summed E-state index contributed by atoms with van der Waals surface area (Å²) in [5.74, 6) is -0.352. The first-order valence-electron chi connectivity index (χ1n) is 7.28. The van der Waals surface area contributed by atoms with Crippen LogP contribution in [-0.2, 0) is 14.3 Å². The number of methoxy groups -OCH3 is 1. The van der Waals surface area contributed by atoms with Crippen molar-refractivity contribution in [2.75, 3.05) is 25.5 Å². The van der Waals surface area contributed by atoms with E-state index in [0.717, 1.165) is 37.1 Å². The van der Waals surface area contributed by atoms with Crippen molar-refractivity contribution >= 4 is 17.6 Å². The Bertz CT molecular complexity index is 516. The van der Waals surface area contributed by atoms with Gasteiger partial charge in [-0.15, -0.1) is 0 Å². The normalized spacial score (nSPS) is 19.0. The molecule has 1 aliphatic heterocycles. The van der Waals surface area contributed by atoms with Crippen LogP contribution in [-0.4, -0.2) is 43.0 Å². The molecule has 1 heterocycles. The minimum atomic E-state index is -0.299. The summed E-state index contributed by atoms with van der Waals surface area (Å²) in [4.78, 5) is 25.8. The third-order valence-electron chi connectivity index (χ3n) is 3.74. The number of carbonyl (C=O) groups excluding carboxylic acids is 2. The van der Waals surface area contributed by atoms with Gasteiger partial charge in [-0.1, -0.05) is 18.6 Å². The monoisotopic (exact) mass is 290 g/mol. The molecule has 0 spiro atoms. The summed E-state index contributed by atoms with van der Waals surface area (Å²) in [6.07, 6.45) is 2.76. The molecule has 1 atom stereocenters. The minimum Gasteiger partial charge on any atom is -0.468 e. The SMILES string of the molecule is COC(=O)[C@H]1CCCCN1CC(=O)Nc1cccc(C)c1. The fourth-order valence-electron chi connectivity index (χ4n) is 2.69. The van der Waals surface area contributed by atoms with Gasteiger partial charge in [-0.05, 0) is 44.0 Å². The Balaban J connectivity index is 1.95. The van der Waals surface area contributed by atoms with Crippen LogP contribution in [0, 0.1) is 6.92 Å². The average molecular weight is 290 g/mol. The number of likely N-dealkylation sites (tertiary alicyclic amines) is 1. The molecule has 1 N–H and O–H groups in total. The van der Waals surface area contributed by atoms with E-state index in [-0.39, 0.29) is 24.5 Å². The number of piperidine rings is 1. The van der Waals surface area contributed by atoms with Crippen LogP contribution in [0.15, 0.2) is 24.3 Å². The number of benzene rings is 1. The number of amides is 1. The maximum atomic E-state index is 12.1. The van der Waals surface area contributed by atoms with E-state index in [0.29, 0.717) is 0 Å². The molecule has 0 aromatic heterocycles. The summed E-state index contributed by atoms with van der Waals surface area (Å²) in [5, 5.41) is 2.87. The number of carbonyl (C=O) groups is 2. The molecule has 0 saturated carbocycles. The number of esters is 1. The first kappa shape index (κ1) is 15.5. The topological polar surface area (TPSA) is 58.6 Å². The molecule has 1 amide bonds. The second-order valence-electron chi connectivity index (χ2n) is 5.42. The third-order valence-corrected chi connectivity index (χ3v) is 3.74. The predicted molar refractivity (Wildman–Crippen MR) is 81.0 cm³/mol. The summed E-state index contributed by atoms with van der Waals surface area (Å²) in [7, 11) is 1.39. The van der Waals surface area contributed by atoms with Gasteiger partial charge < -0.3 is 10.1 Å². The van der Waals surface area contributed by atoms with Crippen LogP contribution in [0.4, 0.5) is 5.69 Å². The van der Waals surface area contributed by atoms with E-state index in [1.54, 1.807) is 0 Å². The first-order valence-corrected chi connectivity index (χ1v) is 7.28. The highest BCUT2D eigenvalue weighted by atomic mass is 16.5. The van der Waals surface area contributed by atoms with E-state index in [4.69, 9.17) is 4.74 Å². The molecule has 0 unspecified atom stereocenters. The van der Waals surface area contributed by atoms with E-state index in [1.165, 1.54) is 7.11 Å². The molecule has 1 saturated heterocycles. The standard InChI is InChI=1S/C16H22N2O3/c1-12-6-5-7-13(10-12)17-15(19)11-18-9-4-3-8-14(18)16(20)21-2/h5-7,10,14H,3-4,8-9,11H2,1-2H3,(H,17,19)/t14-/m1/s1. The average Bonchev–Trinajstić information content (AvgIpc) is 2.47. The Morgan fingerprint density at radius 1 is 1.38 bits per heavy atom. The fourth-order valence-corrected chi connectivity index (χ4v) is 2.69. The van der Waals surface area contributed by atoms with Crippen molar-refractivity contribution in [2.45, 2.75) is 32.2 Å². The van der Waals surface area contributed by atoms with E-state index >= 15 is 0 Å². The molecule has 1 aromatic rings. The van der Waals surface area contributed by atoms with Gasteiger partial charge in [-0.25, -0.2) is 0 Å². The molecule has 1 aliphatic rings. The molecule has 21 heavy (non-hydrogen) atoms. The number of ether oxygens (including phenoxy) is 1. The molecule has 114 valence electrons. The predicted octanol–water partition coefficient (Wildman–Crippen LogP) is 1.96. The van der Waals surface area contributed by atoms with Crippen LogP contribution >= 0.6 is 0 Å². The Labute approximate surface area is 125 Å². The zero-order valence-electron chi connectivity index (χ0n) is 12.6. The number of rotatable bonds is 4. The number of nitrogens with one attached hydrogen (secondary N) is 1. The number of aryl methyl sites for hydroxylation is 1. The van der Waals surface area contributed by atoms with E-state index in [1.807, 2.05) is 36.1 Å². The molecule has 0 bridgehead atoms. The lowest BCUT2D eigenvalue weighted by Gasteiger charge is -2.32. The molecule has 1 fully saturated rings. The Morgan fingerprint density at radius 2 is 2.19 bits per heavy atom. The van der Waals surface area contributed by atoms with Gasteiger partial charge in [0.15, 0.2) is 0 Å². The number of anilines is 1. The lowest BCUT2D eigenvalue weighted by atomic mass is 10.0. The zero-order chi connectivity index (χ0) is 15.2. The second kappa shape index (κ2) is 7.22. The molecular weight excluding hydrogens is 268 g/mol. The van der Waals surface area contributed by atoms with Crippen molar-refractivity contribution in [1.29, 1.82) is 0 Å². The van der Waals surface area contributed by atoms with Crippen LogP contribution in [0.5, 0.6) is 0 Å². The van der Waals surface area contributed by atoms with Gasteiger partial charge >= 0.3 is 5.97 Å². The van der Waals surface area contributed by atoms with Gasteiger partial charge in [0.25, 0.3) is 0 Å². The van der Waals surface area contributed by atoms with Crippen LogP contribution < -0.4 is 5.32 Å². The lowest BCUT2D eigenvalue weighted by molar-refractivity contribution is -0.148. The smallest absolute Gasteiger partial charge is 0.323 e. The van der Waals surface area contributed by atoms with Crippen LogP contribution in [0.1, 0.15) is 24.8 Å². The zero-order valence-corrected chi connectivity index (χ0v) is 12.6. The highest BCUT2D eigenvalue weighted by Gasteiger charge is 2.30. The minimum absolute atomic E-state index is 0.101. The maximum absolute atomic E-state index is 12.1. The summed E-state index contributed by atoms with van der Waals surface area (Å²) in [6, 6.07) is 7.37. The maximum Gasteiger partial charge on any atom is 0.323 e. The van der Waals surface area contributed by atoms with Crippen molar-refractivity contribution in [3.05, 3.63) is 29.8 Å². The summed E-state index contributed by atoms with van der Waals surface area (Å²) >= 11 is 0. The number of hydrogen-bond acceptors (Lipinski definition) is 4. The highest BCUT2D eigenvalue weighted by molar-refractivity contribution is 5.92. The highest BCUT2D eigenvalue weighted by Crippen LogP contribution is 2.18. The first-order chi connectivity index (χ1) is 10.1. The van der Waals surface area contributed by atoms with E-state index in [9.17, 15) is 9.59 Å². The molecule has 2 rings (SSSR count). The lowest BCUT2D eigenvalue weighted by Crippen LogP contribution is -2.48. The van der Waals surface area contributed by atoms with Crippen LogP contribution in [0.3, 0.4) is 0 Å². The molecule has 0 aliphatic carbocycles. The molecule has 0 radical (unpaired) electrons. The fraction of sp³-hybridized carbons (Fsp3) is 0.500. The summed E-state index contributed by atoms with van der Waals surface area (Å²) in [5.41, 5.74) is 1.88. The van der Waals surface area contributed by atoms with Crippen LogP contribution in [0.25, 0.3) is 0 Å². The summed E-state index contributed by atoms with van der Waals surface area (Å²) < 4.78 is 4.82.